The van der Waals surface area contributed by atoms with Crippen LogP contribution in [0.15, 0.2) is 91.0 Å². The molecular formula is C27H30O4S. The highest BCUT2D eigenvalue weighted by molar-refractivity contribution is 8.00. The van der Waals surface area contributed by atoms with Gasteiger partial charge in [0.15, 0.2) is 0 Å². The van der Waals surface area contributed by atoms with E-state index in [2.05, 4.69) is 36.4 Å². The van der Waals surface area contributed by atoms with Gasteiger partial charge in [-0.2, -0.15) is 0 Å². The van der Waals surface area contributed by atoms with E-state index < -0.39 is 0 Å². The smallest absolute Gasteiger partial charge is 0.132 e. The van der Waals surface area contributed by atoms with Crippen molar-refractivity contribution in [2.24, 2.45) is 0 Å². The van der Waals surface area contributed by atoms with Gasteiger partial charge in [-0.25, -0.2) is 0 Å². The highest BCUT2D eigenvalue weighted by Gasteiger charge is 2.46. The van der Waals surface area contributed by atoms with Crippen LogP contribution in [0.4, 0.5) is 0 Å². The maximum absolute atomic E-state index is 6.43. The van der Waals surface area contributed by atoms with Gasteiger partial charge in [0.05, 0.1) is 31.7 Å². The van der Waals surface area contributed by atoms with E-state index in [1.807, 2.05) is 54.6 Å². The van der Waals surface area contributed by atoms with Crippen molar-refractivity contribution >= 4 is 11.8 Å². The number of methoxy groups -OCH3 is 1. The first kappa shape index (κ1) is 23.0. The number of ether oxygens (including phenoxy) is 4. The zero-order valence-corrected chi connectivity index (χ0v) is 19.2. The predicted molar refractivity (Wildman–Crippen MR) is 128 cm³/mol. The SMILES string of the molecule is COC1S[C@@H](COCc2ccccc2)[C@H](OCc2ccccc2)[C@H]1OCc1ccccc1. The van der Waals surface area contributed by atoms with Crippen LogP contribution in [-0.4, -0.2) is 36.6 Å². The second-order valence-electron chi connectivity index (χ2n) is 7.80. The van der Waals surface area contributed by atoms with Crippen molar-refractivity contribution in [3.63, 3.8) is 0 Å². The Morgan fingerprint density at radius 2 is 1.09 bits per heavy atom. The molecule has 4 nitrogen and oxygen atoms in total. The van der Waals surface area contributed by atoms with Gasteiger partial charge >= 0.3 is 0 Å². The van der Waals surface area contributed by atoms with Gasteiger partial charge in [-0.05, 0) is 16.7 Å². The normalized spacial score (nSPS) is 22.8. The van der Waals surface area contributed by atoms with Crippen LogP contribution >= 0.6 is 11.8 Å². The molecule has 1 unspecified atom stereocenters. The highest BCUT2D eigenvalue weighted by Crippen LogP contribution is 2.39. The predicted octanol–water partition coefficient (Wildman–Crippen LogP) is 5.46. The van der Waals surface area contributed by atoms with E-state index in [1.54, 1.807) is 18.9 Å². The van der Waals surface area contributed by atoms with Gasteiger partial charge in [0.1, 0.15) is 17.6 Å². The van der Waals surface area contributed by atoms with Crippen LogP contribution in [0.2, 0.25) is 0 Å². The summed E-state index contributed by atoms with van der Waals surface area (Å²) in [6.07, 6.45) is -0.316. The standard InChI is InChI=1S/C27H30O4S/c1-28-27-26(31-19-23-15-9-4-10-16-23)25(30-18-22-13-7-3-8-14-22)24(32-27)20-29-17-21-11-5-2-6-12-21/h2-16,24-27H,17-20H2,1H3/t24-,25-,26+,27?/m0/s1. The molecule has 0 radical (unpaired) electrons. The van der Waals surface area contributed by atoms with E-state index in [9.17, 15) is 0 Å². The average Bonchev–Trinajstić information content (AvgIpc) is 3.19. The van der Waals surface area contributed by atoms with Crippen LogP contribution in [-0.2, 0) is 38.8 Å². The molecule has 0 spiro atoms. The van der Waals surface area contributed by atoms with Crippen LogP contribution in [0.3, 0.4) is 0 Å². The lowest BCUT2D eigenvalue weighted by atomic mass is 10.1. The zero-order valence-electron chi connectivity index (χ0n) is 18.3. The molecule has 1 heterocycles. The van der Waals surface area contributed by atoms with Crippen molar-refractivity contribution < 1.29 is 18.9 Å². The van der Waals surface area contributed by atoms with Crippen LogP contribution in [0.25, 0.3) is 0 Å². The first-order valence-electron chi connectivity index (χ1n) is 10.9. The third-order valence-electron chi connectivity index (χ3n) is 5.46. The molecule has 1 aliphatic rings. The maximum Gasteiger partial charge on any atom is 0.132 e. The summed E-state index contributed by atoms with van der Waals surface area (Å²) >= 11 is 1.74. The topological polar surface area (TPSA) is 36.9 Å². The monoisotopic (exact) mass is 450 g/mol. The van der Waals surface area contributed by atoms with Crippen molar-refractivity contribution in [2.75, 3.05) is 13.7 Å². The summed E-state index contributed by atoms with van der Waals surface area (Å²) in [6.45, 7) is 2.21. The molecule has 5 heteroatoms. The molecule has 1 fully saturated rings. The van der Waals surface area contributed by atoms with Crippen molar-refractivity contribution in [3.8, 4) is 0 Å². The summed E-state index contributed by atoms with van der Waals surface area (Å²) in [7, 11) is 1.73. The van der Waals surface area contributed by atoms with Gasteiger partial charge in [-0.3, -0.25) is 0 Å². The molecule has 0 aliphatic carbocycles. The Labute approximate surface area is 194 Å². The fraction of sp³-hybridized carbons (Fsp3) is 0.333. The summed E-state index contributed by atoms with van der Waals surface area (Å²) in [6, 6.07) is 30.7. The second kappa shape index (κ2) is 12.2. The molecule has 168 valence electrons. The van der Waals surface area contributed by atoms with Gasteiger partial charge < -0.3 is 18.9 Å². The highest BCUT2D eigenvalue weighted by atomic mass is 32.2. The fourth-order valence-electron chi connectivity index (χ4n) is 3.79. The third-order valence-corrected chi connectivity index (χ3v) is 6.95. The van der Waals surface area contributed by atoms with Gasteiger partial charge in [0.25, 0.3) is 0 Å². The van der Waals surface area contributed by atoms with Crippen molar-refractivity contribution in [3.05, 3.63) is 108 Å². The molecule has 0 amide bonds. The van der Waals surface area contributed by atoms with Gasteiger partial charge in [0, 0.05) is 7.11 Å². The largest absolute Gasteiger partial charge is 0.376 e. The lowest BCUT2D eigenvalue weighted by molar-refractivity contribution is -0.113. The van der Waals surface area contributed by atoms with E-state index in [1.165, 1.54) is 0 Å². The zero-order chi connectivity index (χ0) is 22.0. The van der Waals surface area contributed by atoms with E-state index >= 15 is 0 Å². The number of rotatable bonds is 11. The van der Waals surface area contributed by atoms with E-state index in [0.717, 1.165) is 16.7 Å². The Morgan fingerprint density at radius 1 is 0.625 bits per heavy atom. The Kier molecular flexibility index (Phi) is 8.77. The summed E-state index contributed by atoms with van der Waals surface area (Å²) in [5.74, 6) is 0. The molecule has 0 aromatic heterocycles. The lowest BCUT2D eigenvalue weighted by Gasteiger charge is -2.26. The number of hydrogen-bond donors (Lipinski definition) is 0. The molecule has 4 rings (SSSR count). The van der Waals surface area contributed by atoms with Crippen LogP contribution in [0.1, 0.15) is 16.7 Å². The minimum atomic E-state index is -0.181. The Balaban J connectivity index is 1.42. The Morgan fingerprint density at radius 3 is 1.59 bits per heavy atom. The molecule has 1 aliphatic heterocycles. The van der Waals surface area contributed by atoms with Crippen molar-refractivity contribution in [2.45, 2.75) is 42.7 Å². The van der Waals surface area contributed by atoms with Crippen LogP contribution in [0.5, 0.6) is 0 Å². The molecule has 0 saturated carbocycles. The first-order valence-corrected chi connectivity index (χ1v) is 11.9. The van der Waals surface area contributed by atoms with Gasteiger partial charge in [0.2, 0.25) is 0 Å². The quantitative estimate of drug-likeness (QED) is 0.388. The van der Waals surface area contributed by atoms with Crippen molar-refractivity contribution in [1.82, 2.24) is 0 Å². The summed E-state index contributed by atoms with van der Waals surface area (Å²) in [4.78, 5) is 0. The lowest BCUT2D eigenvalue weighted by Crippen LogP contribution is -2.39. The third kappa shape index (κ3) is 6.44. The van der Waals surface area contributed by atoms with Crippen LogP contribution < -0.4 is 0 Å². The molecule has 3 aromatic rings. The summed E-state index contributed by atoms with van der Waals surface area (Å²) in [5.41, 5.74) is 3.34. The molecule has 0 N–H and O–H groups in total. The maximum atomic E-state index is 6.43. The average molecular weight is 451 g/mol. The second-order valence-corrected chi connectivity index (χ2v) is 9.14. The van der Waals surface area contributed by atoms with Gasteiger partial charge in [-0.1, -0.05) is 91.0 Å². The van der Waals surface area contributed by atoms with E-state index in [4.69, 9.17) is 18.9 Å². The fourth-order valence-corrected chi connectivity index (χ4v) is 5.20. The number of hydrogen-bond acceptors (Lipinski definition) is 5. The minimum Gasteiger partial charge on any atom is -0.376 e. The molecular weight excluding hydrogens is 420 g/mol. The van der Waals surface area contributed by atoms with E-state index in [-0.39, 0.29) is 22.9 Å². The van der Waals surface area contributed by atoms with E-state index in [0.29, 0.717) is 26.4 Å². The number of benzene rings is 3. The molecule has 1 saturated heterocycles. The van der Waals surface area contributed by atoms with Crippen LogP contribution in [0, 0.1) is 0 Å². The first-order chi connectivity index (χ1) is 15.8. The Bertz CT molecular complexity index is 907. The summed E-state index contributed by atoms with van der Waals surface area (Å²) < 4.78 is 24.7. The number of thioether (sulfide) groups is 1. The van der Waals surface area contributed by atoms with Crippen molar-refractivity contribution in [1.29, 1.82) is 0 Å². The molecule has 0 bridgehead atoms. The minimum absolute atomic E-state index is 0.107. The molecule has 4 atom stereocenters. The van der Waals surface area contributed by atoms with Gasteiger partial charge in [-0.15, -0.1) is 11.8 Å². The Hall–Kier alpha value is -2.15. The summed E-state index contributed by atoms with van der Waals surface area (Å²) in [5, 5.41) is 0.119. The molecule has 3 aromatic carbocycles. The molecule has 32 heavy (non-hydrogen) atoms.